The monoisotopic (exact) mass is 426 g/mol. The molecule has 29 heavy (non-hydrogen) atoms. The maximum absolute atomic E-state index is 12.8. The van der Waals surface area contributed by atoms with E-state index in [-0.39, 0.29) is 0 Å². The highest BCUT2D eigenvalue weighted by atomic mass is 32.2. The second-order valence-corrected chi connectivity index (χ2v) is 8.94. The van der Waals surface area contributed by atoms with E-state index in [0.29, 0.717) is 44.9 Å². The molecule has 4 aromatic heterocycles. The summed E-state index contributed by atoms with van der Waals surface area (Å²) >= 11 is 1.34. The van der Waals surface area contributed by atoms with Crippen molar-refractivity contribution in [3.8, 4) is 22.5 Å². The largest absolute Gasteiger partial charge is 0.396 e. The molecule has 2 N–H and O–H groups in total. The molecule has 0 fully saturated rings. The van der Waals surface area contributed by atoms with Gasteiger partial charge in [0.25, 0.3) is 0 Å². The van der Waals surface area contributed by atoms with Gasteiger partial charge in [-0.15, -0.1) is 11.3 Å². The van der Waals surface area contributed by atoms with Gasteiger partial charge in [-0.2, -0.15) is 10.2 Å². The quantitative estimate of drug-likeness (QED) is 0.448. The minimum Gasteiger partial charge on any atom is -0.396 e. The molecule has 10 heteroatoms. The molecular formula is C19H18N6O2S2. The Labute approximate surface area is 173 Å². The fraction of sp³-hybridized carbons (Fsp3) is 0.211. The lowest BCUT2D eigenvalue weighted by Gasteiger charge is -2.07. The van der Waals surface area contributed by atoms with Gasteiger partial charge < -0.3 is 10.5 Å². The number of ether oxygens (including phenoxy) is 1. The zero-order valence-corrected chi connectivity index (χ0v) is 17.2. The molecule has 0 bridgehead atoms. The summed E-state index contributed by atoms with van der Waals surface area (Å²) in [5.74, 6) is 0.477. The van der Waals surface area contributed by atoms with Crippen LogP contribution in [-0.4, -0.2) is 48.8 Å². The number of hydrogen-bond acceptors (Lipinski definition) is 9. The predicted octanol–water partition coefficient (Wildman–Crippen LogP) is 2.94. The van der Waals surface area contributed by atoms with E-state index >= 15 is 0 Å². The van der Waals surface area contributed by atoms with Crippen LogP contribution >= 0.6 is 11.3 Å². The third kappa shape index (κ3) is 4.00. The van der Waals surface area contributed by atoms with E-state index in [0.717, 1.165) is 16.5 Å². The summed E-state index contributed by atoms with van der Waals surface area (Å²) in [5.41, 5.74) is 9.84. The summed E-state index contributed by atoms with van der Waals surface area (Å²) in [4.78, 5) is 13.6. The van der Waals surface area contributed by atoms with E-state index in [1.807, 2.05) is 18.2 Å². The van der Waals surface area contributed by atoms with Crippen LogP contribution < -0.4 is 5.73 Å². The van der Waals surface area contributed by atoms with E-state index in [9.17, 15) is 4.21 Å². The fourth-order valence-electron chi connectivity index (χ4n) is 2.92. The summed E-state index contributed by atoms with van der Waals surface area (Å²) in [6, 6.07) is 5.57. The Kier molecular flexibility index (Phi) is 5.84. The number of thiophene rings is 1. The van der Waals surface area contributed by atoms with Crippen LogP contribution in [0.3, 0.4) is 0 Å². The first-order chi connectivity index (χ1) is 14.2. The van der Waals surface area contributed by atoms with Gasteiger partial charge in [-0.25, -0.2) is 15.0 Å². The Morgan fingerprint density at radius 3 is 2.79 bits per heavy atom. The van der Waals surface area contributed by atoms with Crippen LogP contribution in [0.4, 0.5) is 5.69 Å². The van der Waals surface area contributed by atoms with Crippen LogP contribution in [0.2, 0.25) is 0 Å². The molecular weight excluding hydrogens is 408 g/mol. The number of hydrogen-bond donors (Lipinski definition) is 1. The average Bonchev–Trinajstić information content (AvgIpc) is 3.11. The van der Waals surface area contributed by atoms with Crippen molar-refractivity contribution in [3.63, 3.8) is 0 Å². The molecule has 0 saturated heterocycles. The molecule has 8 nitrogen and oxygen atoms in total. The van der Waals surface area contributed by atoms with E-state index < -0.39 is 10.8 Å². The molecule has 4 heterocycles. The SMILES string of the molecule is COCCCS(=O)c1sc2nc(-c3cncnc3)cc(-c3cccnn3)c2c1N. The van der Waals surface area contributed by atoms with Crippen LogP contribution in [0.25, 0.3) is 32.7 Å². The lowest BCUT2D eigenvalue weighted by molar-refractivity contribution is 0.200. The molecule has 148 valence electrons. The highest BCUT2D eigenvalue weighted by Gasteiger charge is 2.21. The number of nitrogen functional groups attached to an aromatic ring is 1. The first-order valence-corrected chi connectivity index (χ1v) is 11.0. The van der Waals surface area contributed by atoms with Gasteiger partial charge in [-0.05, 0) is 24.6 Å². The molecule has 4 aromatic rings. The van der Waals surface area contributed by atoms with Crippen molar-refractivity contribution in [3.05, 3.63) is 43.1 Å². The molecule has 0 spiro atoms. The van der Waals surface area contributed by atoms with Crippen molar-refractivity contribution >= 4 is 38.0 Å². The van der Waals surface area contributed by atoms with Crippen LogP contribution in [0.5, 0.6) is 0 Å². The Balaban J connectivity index is 1.89. The first kappa shape index (κ1) is 19.5. The lowest BCUT2D eigenvalue weighted by atomic mass is 10.1. The van der Waals surface area contributed by atoms with Crippen LogP contribution in [0.15, 0.2) is 47.3 Å². The van der Waals surface area contributed by atoms with Crippen molar-refractivity contribution < 1.29 is 8.95 Å². The van der Waals surface area contributed by atoms with Crippen molar-refractivity contribution in [1.82, 2.24) is 25.1 Å². The summed E-state index contributed by atoms with van der Waals surface area (Å²) in [6.45, 7) is 0.553. The van der Waals surface area contributed by atoms with E-state index in [1.165, 1.54) is 17.7 Å². The van der Waals surface area contributed by atoms with Gasteiger partial charge in [-0.1, -0.05) is 0 Å². The maximum atomic E-state index is 12.8. The number of anilines is 1. The Morgan fingerprint density at radius 2 is 2.07 bits per heavy atom. The first-order valence-electron chi connectivity index (χ1n) is 8.83. The van der Waals surface area contributed by atoms with Gasteiger partial charge in [-0.3, -0.25) is 4.21 Å². The minimum absolute atomic E-state index is 0.477. The highest BCUT2D eigenvalue weighted by molar-refractivity contribution is 7.87. The van der Waals surface area contributed by atoms with Gasteiger partial charge in [0.05, 0.1) is 27.9 Å². The topological polar surface area (TPSA) is 117 Å². The zero-order chi connectivity index (χ0) is 20.2. The lowest BCUT2D eigenvalue weighted by Crippen LogP contribution is -2.02. The second-order valence-electron chi connectivity index (χ2n) is 6.17. The Hall–Kier alpha value is -2.82. The van der Waals surface area contributed by atoms with Crippen molar-refractivity contribution in [2.75, 3.05) is 25.2 Å². The highest BCUT2D eigenvalue weighted by Crippen LogP contribution is 2.42. The number of fused-ring (bicyclic) bond motifs is 1. The number of rotatable bonds is 7. The standard InChI is InChI=1S/C19H18N6O2S2/c1-27-6-3-7-29(26)19-17(20)16-13(14-4-2-5-23-25-14)8-15(24-18(16)28-19)12-9-21-11-22-10-12/h2,4-5,8-11H,3,6-7,20H2,1H3. The van der Waals surface area contributed by atoms with Gasteiger partial charge in [0.15, 0.2) is 0 Å². The summed E-state index contributed by atoms with van der Waals surface area (Å²) in [7, 11) is 0.396. The van der Waals surface area contributed by atoms with Crippen molar-refractivity contribution in [2.45, 2.75) is 10.6 Å². The van der Waals surface area contributed by atoms with E-state index in [4.69, 9.17) is 15.5 Å². The van der Waals surface area contributed by atoms with Crippen LogP contribution in [0, 0.1) is 0 Å². The molecule has 0 radical (unpaired) electrons. The Morgan fingerprint density at radius 1 is 1.24 bits per heavy atom. The molecule has 0 aliphatic rings. The van der Waals surface area contributed by atoms with E-state index in [1.54, 1.807) is 25.7 Å². The molecule has 0 aliphatic heterocycles. The average molecular weight is 427 g/mol. The summed E-state index contributed by atoms with van der Waals surface area (Å²) in [6.07, 6.45) is 7.16. The molecule has 1 atom stereocenters. The zero-order valence-electron chi connectivity index (χ0n) is 15.6. The third-order valence-corrected chi connectivity index (χ3v) is 7.25. The molecule has 0 amide bonds. The van der Waals surface area contributed by atoms with Crippen LogP contribution in [0.1, 0.15) is 6.42 Å². The molecule has 4 rings (SSSR count). The molecule has 0 aliphatic carbocycles. The normalized spacial score (nSPS) is 12.3. The van der Waals surface area contributed by atoms with Gasteiger partial charge >= 0.3 is 0 Å². The fourth-order valence-corrected chi connectivity index (χ4v) is 5.55. The van der Waals surface area contributed by atoms with Crippen molar-refractivity contribution in [1.29, 1.82) is 0 Å². The van der Waals surface area contributed by atoms with Gasteiger partial charge in [0.2, 0.25) is 0 Å². The number of nitrogens with zero attached hydrogens (tertiary/aromatic N) is 5. The number of aromatic nitrogens is 5. The van der Waals surface area contributed by atoms with Crippen molar-refractivity contribution in [2.24, 2.45) is 0 Å². The van der Waals surface area contributed by atoms with E-state index in [2.05, 4.69) is 20.2 Å². The maximum Gasteiger partial charge on any atom is 0.127 e. The van der Waals surface area contributed by atoms with Crippen LogP contribution in [-0.2, 0) is 15.5 Å². The van der Waals surface area contributed by atoms with Gasteiger partial charge in [0.1, 0.15) is 15.4 Å². The minimum atomic E-state index is -1.23. The number of methoxy groups -OCH3 is 1. The molecule has 0 aromatic carbocycles. The second kappa shape index (κ2) is 8.68. The molecule has 0 saturated carbocycles. The summed E-state index contributed by atoms with van der Waals surface area (Å²) in [5, 5.41) is 8.96. The Bertz CT molecular complexity index is 1150. The predicted molar refractivity (Wildman–Crippen MR) is 114 cm³/mol. The third-order valence-electron chi connectivity index (χ3n) is 4.25. The summed E-state index contributed by atoms with van der Waals surface area (Å²) < 4.78 is 18.5. The smallest absolute Gasteiger partial charge is 0.127 e. The van der Waals surface area contributed by atoms with Gasteiger partial charge in [0, 0.05) is 54.6 Å². The number of nitrogens with two attached hydrogens (primary N) is 1. The number of pyridine rings is 1. The molecule has 1 unspecified atom stereocenters.